The fourth-order valence-electron chi connectivity index (χ4n) is 2.98. The summed E-state index contributed by atoms with van der Waals surface area (Å²) >= 11 is 0. The number of ether oxygens (including phenoxy) is 1. The molecule has 1 spiro atoms. The Morgan fingerprint density at radius 2 is 2.13 bits per heavy atom. The van der Waals surface area contributed by atoms with Crippen LogP contribution < -0.4 is 5.32 Å². The summed E-state index contributed by atoms with van der Waals surface area (Å²) in [6.45, 7) is 6.22. The van der Waals surface area contributed by atoms with E-state index >= 15 is 0 Å². The maximum absolute atomic E-state index is 12.2. The lowest BCUT2D eigenvalue weighted by atomic mass is 9.83. The monoisotopic (exact) mass is 317 g/mol. The van der Waals surface area contributed by atoms with E-state index in [2.05, 4.69) is 10.5 Å². The molecule has 0 radical (unpaired) electrons. The van der Waals surface area contributed by atoms with E-state index in [0.717, 1.165) is 5.56 Å². The lowest BCUT2D eigenvalue weighted by molar-refractivity contribution is -0.0145. The Balaban J connectivity index is 1.78. The Bertz CT molecular complexity index is 700. The molecule has 0 bridgehead atoms. The molecule has 0 aliphatic carbocycles. The fourth-order valence-corrected chi connectivity index (χ4v) is 2.98. The molecule has 7 heteroatoms. The number of benzene rings is 1. The standard InChI is InChI=1S/C16H19N3O4/c1-15(2,3)23-14(21)19-8-16(9-19)12-5-4-10(7-17-22)6-11(12)13(20)18-16/h4-7,22H,8-9H2,1-3H3,(H,18,20)/b17-7-. The zero-order valence-corrected chi connectivity index (χ0v) is 13.3. The van der Waals surface area contributed by atoms with Gasteiger partial charge in [0.1, 0.15) is 11.1 Å². The zero-order valence-electron chi connectivity index (χ0n) is 13.3. The second-order valence-corrected chi connectivity index (χ2v) is 6.92. The van der Waals surface area contributed by atoms with Crippen molar-refractivity contribution in [1.29, 1.82) is 0 Å². The minimum Gasteiger partial charge on any atom is -0.444 e. The molecule has 23 heavy (non-hydrogen) atoms. The molecule has 0 unspecified atom stereocenters. The van der Waals surface area contributed by atoms with Crippen LogP contribution in [0.5, 0.6) is 0 Å². The number of rotatable bonds is 1. The predicted molar refractivity (Wildman–Crippen MR) is 82.8 cm³/mol. The van der Waals surface area contributed by atoms with Gasteiger partial charge in [-0.1, -0.05) is 17.3 Å². The van der Waals surface area contributed by atoms with E-state index in [1.807, 2.05) is 26.8 Å². The highest BCUT2D eigenvalue weighted by atomic mass is 16.6. The first-order valence-corrected chi connectivity index (χ1v) is 7.36. The highest BCUT2D eigenvalue weighted by molar-refractivity contribution is 6.02. The minimum atomic E-state index is -0.546. The van der Waals surface area contributed by atoms with Gasteiger partial charge in [0.15, 0.2) is 0 Å². The van der Waals surface area contributed by atoms with Gasteiger partial charge in [-0.15, -0.1) is 0 Å². The van der Waals surface area contributed by atoms with Gasteiger partial charge in [0.05, 0.1) is 19.3 Å². The van der Waals surface area contributed by atoms with Gasteiger partial charge in [-0.2, -0.15) is 0 Å². The van der Waals surface area contributed by atoms with Gasteiger partial charge in [0.25, 0.3) is 5.91 Å². The Kier molecular flexibility index (Phi) is 3.31. The van der Waals surface area contributed by atoms with Crippen LogP contribution in [0, 0.1) is 0 Å². The quantitative estimate of drug-likeness (QED) is 0.468. The van der Waals surface area contributed by atoms with Crippen LogP contribution in [0.4, 0.5) is 4.79 Å². The zero-order chi connectivity index (χ0) is 16.8. The van der Waals surface area contributed by atoms with Gasteiger partial charge in [0, 0.05) is 5.56 Å². The summed E-state index contributed by atoms with van der Waals surface area (Å²) in [5, 5.41) is 14.5. The van der Waals surface area contributed by atoms with Crippen molar-refractivity contribution in [3.05, 3.63) is 34.9 Å². The number of nitrogens with one attached hydrogen (secondary N) is 1. The van der Waals surface area contributed by atoms with Crippen LogP contribution in [-0.2, 0) is 10.3 Å². The normalized spacial score (nSPS) is 18.7. The van der Waals surface area contributed by atoms with E-state index < -0.39 is 11.1 Å². The molecule has 1 fully saturated rings. The third-order valence-electron chi connectivity index (χ3n) is 3.94. The molecule has 2 aliphatic heterocycles. The Hall–Kier alpha value is -2.57. The molecule has 7 nitrogen and oxygen atoms in total. The van der Waals surface area contributed by atoms with Crippen molar-refractivity contribution in [2.24, 2.45) is 5.16 Å². The van der Waals surface area contributed by atoms with Crippen LogP contribution in [-0.4, -0.2) is 47.0 Å². The number of fused-ring (bicyclic) bond motifs is 2. The van der Waals surface area contributed by atoms with Gasteiger partial charge in [-0.05, 0) is 38.0 Å². The second kappa shape index (κ2) is 4.97. The van der Waals surface area contributed by atoms with Crippen molar-refractivity contribution in [3.63, 3.8) is 0 Å². The smallest absolute Gasteiger partial charge is 0.410 e. The lowest BCUT2D eigenvalue weighted by Crippen LogP contribution is -2.66. The number of amides is 2. The number of oxime groups is 1. The van der Waals surface area contributed by atoms with Crippen molar-refractivity contribution in [2.45, 2.75) is 31.9 Å². The SMILES string of the molecule is CC(C)(C)OC(=O)N1CC2(C1)NC(=O)c1cc(/C=N\O)ccc12. The van der Waals surface area contributed by atoms with Crippen molar-refractivity contribution in [2.75, 3.05) is 13.1 Å². The van der Waals surface area contributed by atoms with E-state index in [1.165, 1.54) is 6.21 Å². The predicted octanol–water partition coefficient (Wildman–Crippen LogP) is 1.68. The summed E-state index contributed by atoms with van der Waals surface area (Å²) in [5.74, 6) is -0.183. The average Bonchev–Trinajstić information content (AvgIpc) is 2.69. The van der Waals surface area contributed by atoms with E-state index in [1.54, 1.807) is 17.0 Å². The van der Waals surface area contributed by atoms with Crippen LogP contribution in [0.15, 0.2) is 23.4 Å². The molecule has 2 heterocycles. The Morgan fingerprint density at radius 3 is 2.74 bits per heavy atom. The molecule has 2 aliphatic rings. The van der Waals surface area contributed by atoms with Crippen molar-refractivity contribution in [1.82, 2.24) is 10.2 Å². The first-order valence-electron chi connectivity index (χ1n) is 7.36. The third-order valence-corrected chi connectivity index (χ3v) is 3.94. The van der Waals surface area contributed by atoms with E-state index in [4.69, 9.17) is 9.94 Å². The van der Waals surface area contributed by atoms with Gasteiger partial charge in [0.2, 0.25) is 0 Å². The molecule has 3 rings (SSSR count). The average molecular weight is 317 g/mol. The van der Waals surface area contributed by atoms with E-state index in [0.29, 0.717) is 24.2 Å². The van der Waals surface area contributed by atoms with Crippen LogP contribution in [0.1, 0.15) is 42.3 Å². The first-order chi connectivity index (χ1) is 10.7. The highest BCUT2D eigenvalue weighted by Gasteiger charge is 2.53. The highest BCUT2D eigenvalue weighted by Crippen LogP contribution is 2.39. The Morgan fingerprint density at radius 1 is 1.43 bits per heavy atom. The molecule has 2 amide bonds. The van der Waals surface area contributed by atoms with Gasteiger partial charge in [-0.3, -0.25) is 4.79 Å². The molecule has 1 aromatic rings. The number of carbonyl (C=O) groups is 2. The molecule has 0 saturated carbocycles. The molecule has 0 atom stereocenters. The third kappa shape index (κ3) is 2.62. The number of nitrogens with zero attached hydrogens (tertiary/aromatic N) is 2. The summed E-state index contributed by atoms with van der Waals surface area (Å²) in [4.78, 5) is 25.8. The van der Waals surface area contributed by atoms with Gasteiger partial charge >= 0.3 is 6.09 Å². The summed E-state index contributed by atoms with van der Waals surface area (Å²) in [5.41, 5.74) is 0.957. The molecule has 122 valence electrons. The van der Waals surface area contributed by atoms with Crippen molar-refractivity contribution < 1.29 is 19.5 Å². The largest absolute Gasteiger partial charge is 0.444 e. The Labute approximate surface area is 133 Å². The summed E-state index contributed by atoms with van der Waals surface area (Å²) in [6.07, 6.45) is 0.890. The van der Waals surface area contributed by atoms with Crippen LogP contribution in [0.2, 0.25) is 0 Å². The number of likely N-dealkylation sites (tertiary alicyclic amines) is 1. The van der Waals surface area contributed by atoms with Gasteiger partial charge < -0.3 is 20.2 Å². The lowest BCUT2D eigenvalue weighted by Gasteiger charge is -2.48. The number of hydrogen-bond donors (Lipinski definition) is 2. The van der Waals surface area contributed by atoms with Crippen LogP contribution in [0.25, 0.3) is 0 Å². The van der Waals surface area contributed by atoms with Crippen LogP contribution in [0.3, 0.4) is 0 Å². The van der Waals surface area contributed by atoms with Crippen molar-refractivity contribution in [3.8, 4) is 0 Å². The maximum Gasteiger partial charge on any atom is 0.410 e. The molecule has 0 aromatic heterocycles. The molecule has 2 N–H and O–H groups in total. The minimum absolute atomic E-state index is 0.183. The van der Waals surface area contributed by atoms with Gasteiger partial charge in [-0.25, -0.2) is 4.79 Å². The summed E-state index contributed by atoms with van der Waals surface area (Å²) in [6, 6.07) is 5.28. The number of hydrogen-bond acceptors (Lipinski definition) is 5. The molecular weight excluding hydrogens is 298 g/mol. The first kappa shape index (κ1) is 15.3. The van der Waals surface area contributed by atoms with E-state index in [-0.39, 0.29) is 12.0 Å². The second-order valence-electron chi connectivity index (χ2n) is 6.92. The summed E-state index contributed by atoms with van der Waals surface area (Å²) < 4.78 is 5.34. The molecule has 1 aromatic carbocycles. The van der Waals surface area contributed by atoms with Crippen molar-refractivity contribution >= 4 is 18.2 Å². The van der Waals surface area contributed by atoms with E-state index in [9.17, 15) is 9.59 Å². The number of carbonyl (C=O) groups excluding carboxylic acids is 2. The fraction of sp³-hybridized carbons (Fsp3) is 0.438. The molecule has 1 saturated heterocycles. The topological polar surface area (TPSA) is 91.2 Å². The maximum atomic E-state index is 12.2. The molecular formula is C16H19N3O4. The summed E-state index contributed by atoms with van der Waals surface area (Å²) in [7, 11) is 0. The van der Waals surface area contributed by atoms with Crippen LogP contribution >= 0.6 is 0 Å².